The van der Waals surface area contributed by atoms with E-state index in [1.54, 1.807) is 0 Å². The van der Waals surface area contributed by atoms with Crippen molar-refractivity contribution in [3.05, 3.63) is 5.56 Å². The molecule has 298 valence electrons. The van der Waals surface area contributed by atoms with Crippen LogP contribution in [0.2, 0.25) is 0 Å². The molecule has 7 nitrogen and oxygen atoms in total. The zero-order valence-electron chi connectivity index (χ0n) is 33.8. The number of hydrogen-bond donors (Lipinski definition) is 2. The van der Waals surface area contributed by atoms with Crippen molar-refractivity contribution < 1.29 is 34.0 Å². The minimum Gasteiger partial charge on any atom is -0.502 e. The minimum atomic E-state index is -1.46. The van der Waals surface area contributed by atoms with Crippen molar-refractivity contribution in [2.24, 2.45) is 0 Å². The van der Waals surface area contributed by atoms with Gasteiger partial charge in [-0.25, -0.2) is 4.79 Å². The van der Waals surface area contributed by atoms with Crippen LogP contribution in [0.25, 0.3) is 0 Å². The summed E-state index contributed by atoms with van der Waals surface area (Å²) in [5.74, 6) is 0.659. The van der Waals surface area contributed by atoms with Crippen LogP contribution in [-0.4, -0.2) is 36.2 Å². The summed E-state index contributed by atoms with van der Waals surface area (Å²) in [6, 6.07) is 0. The Morgan fingerprint density at radius 2 is 0.725 bits per heavy atom. The van der Waals surface area contributed by atoms with Gasteiger partial charge in [0, 0.05) is 5.56 Å². The summed E-state index contributed by atoms with van der Waals surface area (Å²) in [6.45, 7) is 10.3. The molecule has 0 saturated heterocycles. The molecule has 0 aliphatic carbocycles. The fourth-order valence-corrected chi connectivity index (χ4v) is 6.67. The number of unbranched alkanes of at least 4 members (excludes halogenated alkanes) is 25. The lowest BCUT2D eigenvalue weighted by atomic mass is 10.0. The largest absolute Gasteiger partial charge is 0.511 e. The predicted octanol–water partition coefficient (Wildman–Crippen LogP) is 14.5. The molecule has 0 unspecified atom stereocenters. The quantitative estimate of drug-likeness (QED) is 0.0401. The summed E-state index contributed by atoms with van der Waals surface area (Å²) >= 11 is 0. The average molecular weight is 721 g/mol. The standard InChI is InChI=1S/C44H80O7/c1-5-9-13-17-21-22-26-30-34-38-40(51-44(46)47)39(45)42(49-36-32-28-24-19-15-11-7-3)43(50-37-33-29-25-20-16-12-8-4)41(38)48-35-31-27-23-18-14-10-6-2/h45H,5-37H2,1-4H3,(H,46,47). The number of ether oxygens (including phenoxy) is 4. The molecular weight excluding hydrogens is 640 g/mol. The highest BCUT2D eigenvalue weighted by atomic mass is 16.7. The first-order valence-corrected chi connectivity index (χ1v) is 21.7. The Labute approximate surface area is 314 Å². The van der Waals surface area contributed by atoms with E-state index in [4.69, 9.17) is 18.9 Å². The summed E-state index contributed by atoms with van der Waals surface area (Å²) in [7, 11) is 0. The SMILES string of the molecule is CCCCCCCCCCc1c(OC(=O)O)c(O)c(OCCCCCCCCC)c(OCCCCCCCCC)c1OCCCCCCCCC. The van der Waals surface area contributed by atoms with Crippen LogP contribution in [0.3, 0.4) is 0 Å². The van der Waals surface area contributed by atoms with Crippen molar-refractivity contribution in [3.8, 4) is 28.7 Å². The maximum absolute atomic E-state index is 12.0. The van der Waals surface area contributed by atoms with Gasteiger partial charge in [0.2, 0.25) is 17.2 Å². The molecule has 0 bridgehead atoms. The normalized spacial score (nSPS) is 11.2. The first-order chi connectivity index (χ1) is 25.0. The van der Waals surface area contributed by atoms with E-state index in [9.17, 15) is 15.0 Å². The third-order valence-corrected chi connectivity index (χ3v) is 9.84. The average Bonchev–Trinajstić information content (AvgIpc) is 3.12. The molecular formula is C44H80O7. The third-order valence-electron chi connectivity index (χ3n) is 9.84. The van der Waals surface area contributed by atoms with Crippen LogP contribution >= 0.6 is 0 Å². The van der Waals surface area contributed by atoms with Gasteiger partial charge in [0.05, 0.1) is 19.8 Å². The number of carbonyl (C=O) groups is 1. The second kappa shape index (κ2) is 33.5. The zero-order chi connectivity index (χ0) is 37.2. The van der Waals surface area contributed by atoms with Gasteiger partial charge in [-0.3, -0.25) is 0 Å². The number of hydrogen-bond acceptors (Lipinski definition) is 6. The molecule has 0 spiro atoms. The fourth-order valence-electron chi connectivity index (χ4n) is 6.67. The lowest BCUT2D eigenvalue weighted by Gasteiger charge is -2.23. The van der Waals surface area contributed by atoms with Crippen LogP contribution in [-0.2, 0) is 6.42 Å². The number of rotatable bonds is 37. The summed E-state index contributed by atoms with van der Waals surface area (Å²) in [6.07, 6.45) is 32.6. The molecule has 1 rings (SSSR count). The molecule has 0 heterocycles. The van der Waals surface area contributed by atoms with Crippen molar-refractivity contribution in [1.82, 2.24) is 0 Å². The molecule has 2 N–H and O–H groups in total. The summed E-state index contributed by atoms with van der Waals surface area (Å²) in [5, 5.41) is 21.4. The summed E-state index contributed by atoms with van der Waals surface area (Å²) in [5.41, 5.74) is 0.571. The Morgan fingerprint density at radius 3 is 1.10 bits per heavy atom. The van der Waals surface area contributed by atoms with Crippen LogP contribution in [0.15, 0.2) is 0 Å². The molecule has 0 aliphatic heterocycles. The second-order valence-corrected chi connectivity index (χ2v) is 14.6. The van der Waals surface area contributed by atoms with Crippen LogP contribution in [0, 0.1) is 0 Å². The Hall–Kier alpha value is -2.31. The van der Waals surface area contributed by atoms with Crippen LogP contribution in [0.1, 0.15) is 219 Å². The number of carboxylic acid groups (broad SMARTS) is 1. The highest BCUT2D eigenvalue weighted by Crippen LogP contribution is 2.54. The molecule has 1 aromatic carbocycles. The van der Waals surface area contributed by atoms with Crippen molar-refractivity contribution >= 4 is 6.16 Å². The molecule has 1 aromatic rings. The van der Waals surface area contributed by atoms with Gasteiger partial charge in [0.15, 0.2) is 11.5 Å². The van der Waals surface area contributed by atoms with E-state index in [2.05, 4.69) is 27.7 Å². The maximum atomic E-state index is 12.0. The van der Waals surface area contributed by atoms with Gasteiger partial charge >= 0.3 is 6.16 Å². The van der Waals surface area contributed by atoms with Gasteiger partial charge < -0.3 is 29.2 Å². The molecule has 0 radical (unpaired) electrons. The predicted molar refractivity (Wildman–Crippen MR) is 214 cm³/mol. The third kappa shape index (κ3) is 23.1. The fraction of sp³-hybridized carbons (Fsp3) is 0.841. The summed E-state index contributed by atoms with van der Waals surface area (Å²) < 4.78 is 24.7. The molecule has 51 heavy (non-hydrogen) atoms. The van der Waals surface area contributed by atoms with Gasteiger partial charge in [-0.2, -0.15) is 0 Å². The van der Waals surface area contributed by atoms with E-state index in [1.807, 2.05) is 0 Å². The number of phenolic OH excluding ortho intramolecular Hbond substituents is 1. The highest BCUT2D eigenvalue weighted by molar-refractivity contribution is 5.73. The maximum Gasteiger partial charge on any atom is 0.511 e. The second-order valence-electron chi connectivity index (χ2n) is 14.6. The highest BCUT2D eigenvalue weighted by Gasteiger charge is 2.30. The van der Waals surface area contributed by atoms with Gasteiger partial charge in [-0.15, -0.1) is 0 Å². The molecule has 0 saturated carbocycles. The van der Waals surface area contributed by atoms with Gasteiger partial charge in [0.1, 0.15) is 0 Å². The number of phenols is 1. The molecule has 7 heteroatoms. The zero-order valence-corrected chi connectivity index (χ0v) is 33.8. The minimum absolute atomic E-state index is 0.0714. The smallest absolute Gasteiger partial charge is 0.502 e. The summed E-state index contributed by atoms with van der Waals surface area (Å²) in [4.78, 5) is 12.0. The topological polar surface area (TPSA) is 94.5 Å². The Kier molecular flexibility index (Phi) is 30.7. The van der Waals surface area contributed by atoms with Gasteiger partial charge in [0.25, 0.3) is 0 Å². The first kappa shape index (κ1) is 46.7. The van der Waals surface area contributed by atoms with E-state index in [1.165, 1.54) is 122 Å². The lowest BCUT2D eigenvalue weighted by Crippen LogP contribution is -2.12. The first-order valence-electron chi connectivity index (χ1n) is 21.7. The molecule has 0 aliphatic rings. The van der Waals surface area contributed by atoms with Crippen LogP contribution < -0.4 is 18.9 Å². The van der Waals surface area contributed by atoms with Crippen molar-refractivity contribution in [2.75, 3.05) is 19.8 Å². The molecule has 0 aromatic heterocycles. The van der Waals surface area contributed by atoms with Crippen molar-refractivity contribution in [2.45, 2.75) is 220 Å². The number of aromatic hydroxyl groups is 1. The van der Waals surface area contributed by atoms with E-state index in [0.717, 1.165) is 64.2 Å². The van der Waals surface area contributed by atoms with Crippen LogP contribution in [0.5, 0.6) is 28.7 Å². The molecule has 0 fully saturated rings. The van der Waals surface area contributed by atoms with E-state index >= 15 is 0 Å². The Balaban J connectivity index is 3.29. The Bertz CT molecular complexity index is 964. The molecule has 0 amide bonds. The van der Waals surface area contributed by atoms with Gasteiger partial charge in [-0.05, 0) is 32.1 Å². The van der Waals surface area contributed by atoms with E-state index in [0.29, 0.717) is 43.3 Å². The van der Waals surface area contributed by atoms with Gasteiger partial charge in [-0.1, -0.05) is 188 Å². The Morgan fingerprint density at radius 1 is 0.412 bits per heavy atom. The van der Waals surface area contributed by atoms with Crippen molar-refractivity contribution in [3.63, 3.8) is 0 Å². The molecule has 0 atom stereocenters. The van der Waals surface area contributed by atoms with Crippen LogP contribution in [0.4, 0.5) is 4.79 Å². The van der Waals surface area contributed by atoms with Crippen molar-refractivity contribution in [1.29, 1.82) is 0 Å². The monoisotopic (exact) mass is 721 g/mol. The van der Waals surface area contributed by atoms with E-state index in [-0.39, 0.29) is 17.2 Å². The van der Waals surface area contributed by atoms with E-state index < -0.39 is 6.16 Å². The number of benzene rings is 1. The lowest BCUT2D eigenvalue weighted by molar-refractivity contribution is 0.141.